The van der Waals surface area contributed by atoms with Gasteiger partial charge in [0.05, 0.1) is 24.3 Å². The Bertz CT molecular complexity index is 1320. The average Bonchev–Trinajstić information content (AvgIpc) is 3.29. The van der Waals surface area contributed by atoms with Crippen molar-refractivity contribution in [1.29, 1.82) is 0 Å². The Morgan fingerprint density at radius 3 is 2.47 bits per heavy atom. The summed E-state index contributed by atoms with van der Waals surface area (Å²) >= 11 is 0. The standard InChI is InChI=1S/C24H25F2N3O3/c1-13(2)23-17(11-22(31-4)24(30)32-5)16-10-20-14(12-27-28(20)3)8-21(16)29(23)15-6-7-18(25)19(26)9-15/h6-10,12-13,22H,11H2,1-5H3/t22-/m1/s1. The molecule has 1 atom stereocenters. The normalized spacial score (nSPS) is 12.8. The van der Waals surface area contributed by atoms with E-state index in [1.54, 1.807) is 16.9 Å². The van der Waals surface area contributed by atoms with Crippen molar-refractivity contribution in [2.45, 2.75) is 32.3 Å². The Balaban J connectivity index is 2.08. The number of hydrogen-bond acceptors (Lipinski definition) is 4. The molecule has 0 saturated carbocycles. The maximum atomic E-state index is 14.2. The molecule has 0 radical (unpaired) electrons. The van der Waals surface area contributed by atoms with Crippen LogP contribution in [0, 0.1) is 11.6 Å². The van der Waals surface area contributed by atoms with Crippen LogP contribution in [0.2, 0.25) is 0 Å². The average molecular weight is 441 g/mol. The minimum absolute atomic E-state index is 0.0157. The Kier molecular flexibility index (Phi) is 5.73. The summed E-state index contributed by atoms with van der Waals surface area (Å²) in [4.78, 5) is 12.3. The zero-order chi connectivity index (χ0) is 23.2. The number of esters is 1. The van der Waals surface area contributed by atoms with E-state index in [-0.39, 0.29) is 12.3 Å². The number of nitrogens with zero attached hydrogens (tertiary/aromatic N) is 3. The van der Waals surface area contributed by atoms with Crippen LogP contribution in [0.25, 0.3) is 27.5 Å². The molecular weight excluding hydrogens is 416 g/mol. The van der Waals surface area contributed by atoms with Crippen LogP contribution in [0.3, 0.4) is 0 Å². The van der Waals surface area contributed by atoms with Gasteiger partial charge in [0.15, 0.2) is 17.7 Å². The quantitative estimate of drug-likeness (QED) is 0.409. The predicted octanol–water partition coefficient (Wildman–Crippen LogP) is 4.65. The molecule has 0 spiro atoms. The summed E-state index contributed by atoms with van der Waals surface area (Å²) in [6, 6.07) is 7.85. The number of fused-ring (bicyclic) bond motifs is 2. The van der Waals surface area contributed by atoms with E-state index in [0.29, 0.717) is 5.69 Å². The van der Waals surface area contributed by atoms with Gasteiger partial charge in [-0.05, 0) is 35.7 Å². The highest BCUT2D eigenvalue weighted by Gasteiger charge is 2.27. The van der Waals surface area contributed by atoms with Gasteiger partial charge in [-0.2, -0.15) is 5.10 Å². The molecule has 168 valence electrons. The first kappa shape index (κ1) is 22.0. The smallest absolute Gasteiger partial charge is 0.335 e. The van der Waals surface area contributed by atoms with Crippen molar-refractivity contribution < 1.29 is 23.0 Å². The number of aryl methyl sites for hydroxylation is 1. The van der Waals surface area contributed by atoms with E-state index in [0.717, 1.165) is 39.1 Å². The SMILES string of the molecule is COC(=O)[C@@H](Cc1c(C(C)C)n(-c2ccc(F)c(F)c2)c2cc3cnn(C)c3cc12)OC. The number of methoxy groups -OCH3 is 2. The summed E-state index contributed by atoms with van der Waals surface area (Å²) in [5.74, 6) is -2.29. The van der Waals surface area contributed by atoms with Crippen LogP contribution in [0.1, 0.15) is 31.0 Å². The molecule has 6 nitrogen and oxygen atoms in total. The number of rotatable bonds is 6. The van der Waals surface area contributed by atoms with Crippen LogP contribution in [-0.2, 0) is 27.7 Å². The number of benzene rings is 2. The first-order valence-electron chi connectivity index (χ1n) is 10.3. The van der Waals surface area contributed by atoms with Gasteiger partial charge in [0.25, 0.3) is 0 Å². The van der Waals surface area contributed by atoms with E-state index in [1.807, 2.05) is 37.6 Å². The lowest BCUT2D eigenvalue weighted by Gasteiger charge is -2.18. The van der Waals surface area contributed by atoms with Crippen molar-refractivity contribution in [3.63, 3.8) is 0 Å². The monoisotopic (exact) mass is 441 g/mol. The largest absolute Gasteiger partial charge is 0.467 e. The first-order valence-corrected chi connectivity index (χ1v) is 10.3. The molecule has 0 N–H and O–H groups in total. The predicted molar refractivity (Wildman–Crippen MR) is 118 cm³/mol. The molecular formula is C24H25F2N3O3. The van der Waals surface area contributed by atoms with Gasteiger partial charge in [0, 0.05) is 48.8 Å². The molecule has 2 aromatic heterocycles. The van der Waals surface area contributed by atoms with Crippen LogP contribution in [-0.4, -0.2) is 40.6 Å². The number of hydrogen-bond donors (Lipinski definition) is 0. The molecule has 0 bridgehead atoms. The Morgan fingerprint density at radius 1 is 1.09 bits per heavy atom. The minimum Gasteiger partial charge on any atom is -0.467 e. The molecule has 0 unspecified atom stereocenters. The second kappa shape index (κ2) is 8.35. The third kappa shape index (κ3) is 3.54. The summed E-state index contributed by atoms with van der Waals surface area (Å²) in [6.07, 6.45) is 1.23. The summed E-state index contributed by atoms with van der Waals surface area (Å²) in [6.45, 7) is 4.05. The van der Waals surface area contributed by atoms with E-state index in [1.165, 1.54) is 20.3 Å². The van der Waals surface area contributed by atoms with Crippen molar-refractivity contribution in [3.05, 3.63) is 59.4 Å². The Morgan fingerprint density at radius 2 is 1.84 bits per heavy atom. The summed E-state index contributed by atoms with van der Waals surface area (Å²) in [5.41, 5.74) is 4.01. The van der Waals surface area contributed by atoms with Crippen LogP contribution in [0.4, 0.5) is 8.78 Å². The lowest BCUT2D eigenvalue weighted by atomic mass is 9.98. The van der Waals surface area contributed by atoms with Gasteiger partial charge in [-0.25, -0.2) is 13.6 Å². The molecule has 0 aliphatic carbocycles. The first-order chi connectivity index (χ1) is 15.3. The molecule has 0 amide bonds. The molecule has 2 heterocycles. The van der Waals surface area contributed by atoms with Crippen molar-refractivity contribution >= 4 is 27.8 Å². The number of aromatic nitrogens is 3. The number of halogens is 2. The van der Waals surface area contributed by atoms with Gasteiger partial charge >= 0.3 is 5.97 Å². The van der Waals surface area contributed by atoms with Crippen LogP contribution >= 0.6 is 0 Å². The van der Waals surface area contributed by atoms with Crippen LogP contribution < -0.4 is 0 Å². The molecule has 32 heavy (non-hydrogen) atoms. The van der Waals surface area contributed by atoms with E-state index >= 15 is 0 Å². The maximum Gasteiger partial charge on any atom is 0.335 e. The van der Waals surface area contributed by atoms with Gasteiger partial charge in [-0.15, -0.1) is 0 Å². The zero-order valence-electron chi connectivity index (χ0n) is 18.6. The highest BCUT2D eigenvalue weighted by atomic mass is 19.2. The lowest BCUT2D eigenvalue weighted by molar-refractivity contribution is -0.152. The number of carbonyl (C=O) groups excluding carboxylic acids is 1. The molecule has 0 saturated heterocycles. The molecule has 0 aliphatic heterocycles. The lowest BCUT2D eigenvalue weighted by Crippen LogP contribution is -2.27. The van der Waals surface area contributed by atoms with E-state index in [4.69, 9.17) is 9.47 Å². The summed E-state index contributed by atoms with van der Waals surface area (Å²) < 4.78 is 41.9. The third-order valence-electron chi connectivity index (χ3n) is 5.83. The molecule has 0 fully saturated rings. The molecule has 2 aromatic carbocycles. The fourth-order valence-corrected chi connectivity index (χ4v) is 4.32. The second-order valence-corrected chi connectivity index (χ2v) is 8.10. The number of carbonyl (C=O) groups is 1. The second-order valence-electron chi connectivity index (χ2n) is 8.10. The van der Waals surface area contributed by atoms with Crippen LogP contribution in [0.15, 0.2) is 36.5 Å². The van der Waals surface area contributed by atoms with Crippen molar-refractivity contribution in [2.75, 3.05) is 14.2 Å². The van der Waals surface area contributed by atoms with Crippen LogP contribution in [0.5, 0.6) is 0 Å². The fraction of sp³-hybridized carbons (Fsp3) is 0.333. The van der Waals surface area contributed by atoms with Gasteiger partial charge < -0.3 is 14.0 Å². The van der Waals surface area contributed by atoms with Gasteiger partial charge in [-0.1, -0.05) is 13.8 Å². The van der Waals surface area contributed by atoms with Crippen molar-refractivity contribution in [3.8, 4) is 5.69 Å². The Labute approximate surface area is 184 Å². The highest BCUT2D eigenvalue weighted by molar-refractivity contribution is 5.99. The maximum absolute atomic E-state index is 14.2. The topological polar surface area (TPSA) is 58.3 Å². The summed E-state index contributed by atoms with van der Waals surface area (Å²) in [7, 11) is 4.64. The highest BCUT2D eigenvalue weighted by Crippen LogP contribution is 2.37. The van der Waals surface area contributed by atoms with Crippen molar-refractivity contribution in [2.24, 2.45) is 7.05 Å². The van der Waals surface area contributed by atoms with Gasteiger partial charge in [0.1, 0.15) is 0 Å². The molecule has 4 aromatic rings. The zero-order valence-corrected chi connectivity index (χ0v) is 18.6. The van der Waals surface area contributed by atoms with E-state index in [2.05, 4.69) is 5.10 Å². The van der Waals surface area contributed by atoms with E-state index < -0.39 is 23.7 Å². The number of ether oxygens (including phenoxy) is 2. The van der Waals surface area contributed by atoms with Gasteiger partial charge in [0.2, 0.25) is 0 Å². The van der Waals surface area contributed by atoms with Crippen molar-refractivity contribution in [1.82, 2.24) is 14.3 Å². The molecule has 4 rings (SSSR count). The third-order valence-corrected chi connectivity index (χ3v) is 5.83. The van der Waals surface area contributed by atoms with Gasteiger partial charge in [-0.3, -0.25) is 4.68 Å². The Hall–Kier alpha value is -3.26. The minimum atomic E-state index is -0.924. The fourth-order valence-electron chi connectivity index (χ4n) is 4.32. The molecule has 0 aliphatic rings. The summed E-state index contributed by atoms with van der Waals surface area (Å²) in [5, 5.41) is 6.14. The van der Waals surface area contributed by atoms with E-state index in [9.17, 15) is 13.6 Å². The molecule has 8 heteroatoms.